The van der Waals surface area contributed by atoms with E-state index in [-0.39, 0.29) is 105 Å². The second-order valence-corrected chi connectivity index (χ2v) is 29.6. The van der Waals surface area contributed by atoms with Gasteiger partial charge in [-0.2, -0.15) is 41.6 Å². The molecule has 0 N–H and O–H groups in total. The third kappa shape index (κ3) is 14.6. The minimum Gasteiger partial charge on any atom is -0.484 e. The lowest BCUT2D eigenvalue weighted by Gasteiger charge is -2.25. The van der Waals surface area contributed by atoms with E-state index in [2.05, 4.69) is 35.0 Å². The molecule has 3 aliphatic carbocycles. The van der Waals surface area contributed by atoms with E-state index >= 15 is 0 Å². The van der Waals surface area contributed by atoms with Gasteiger partial charge in [-0.15, -0.1) is 10.2 Å². The lowest BCUT2D eigenvalue weighted by molar-refractivity contribution is -0.159. The Balaban J connectivity index is 0.000000158. The maximum Gasteiger partial charge on any atom is 0.471 e. The SMILES string of the molecule is CC(Oc1ccc(C#N)cc1C(=O)N1CC2CC2(c2noc(C(F)(F)F)n2)C1)C(C)(F)F.CC(Oc1ccc(S(C)(=O)=O)cc1C(=O)N1CC2CC2(c2nc(C(F)(F)F)no2)C1)C(C)(F)F.Cc1nnc(C23CC2CN(C(=O)c2cc(S(C)(=O)=O)ccc2OC(C)C(C)(F)F)C3)o1. The van der Waals surface area contributed by atoms with Gasteiger partial charge in [0.2, 0.25) is 17.7 Å². The van der Waals surface area contributed by atoms with Gasteiger partial charge < -0.3 is 42.4 Å². The molecule has 524 valence electrons. The summed E-state index contributed by atoms with van der Waals surface area (Å²) in [5, 5.41) is 23.6. The fraction of sp³-hybridized carbons (Fsp3) is 0.533. The van der Waals surface area contributed by atoms with Crippen LogP contribution in [0.5, 0.6) is 17.2 Å². The number of sulfone groups is 2. The van der Waals surface area contributed by atoms with Gasteiger partial charge in [-0.25, -0.2) is 43.2 Å². The van der Waals surface area contributed by atoms with Crippen molar-refractivity contribution < 1.29 is 112 Å². The molecule has 6 fully saturated rings. The number of hydrogen-bond donors (Lipinski definition) is 0. The largest absolute Gasteiger partial charge is 0.484 e. The molecule has 3 aliphatic heterocycles. The number of aromatic nitrogens is 6. The Morgan fingerprint density at radius 3 is 1.34 bits per heavy atom. The van der Waals surface area contributed by atoms with Gasteiger partial charge in [0.05, 0.1) is 54.4 Å². The molecule has 0 bridgehead atoms. The minimum atomic E-state index is -4.78. The summed E-state index contributed by atoms with van der Waals surface area (Å²) >= 11 is 0. The first-order chi connectivity index (χ1) is 44.7. The van der Waals surface area contributed by atoms with Gasteiger partial charge in [0.1, 0.15) is 17.2 Å². The number of ether oxygens (including phenoxy) is 3. The van der Waals surface area contributed by atoms with E-state index in [0.29, 0.717) is 58.5 Å². The van der Waals surface area contributed by atoms with Crippen molar-refractivity contribution >= 4 is 37.4 Å². The van der Waals surface area contributed by atoms with E-state index in [1.54, 1.807) is 11.8 Å². The Bertz CT molecular complexity index is 4350. The number of nitriles is 1. The Hall–Kier alpha value is -8.56. The predicted octanol–water partition coefficient (Wildman–Crippen LogP) is 9.74. The molecule has 6 aromatic rings. The van der Waals surface area contributed by atoms with Crippen molar-refractivity contribution in [1.29, 1.82) is 5.26 Å². The molecule has 6 aliphatic rings. The number of hydrogen-bond acceptors (Lipinski definition) is 20. The molecule has 3 amide bonds. The number of amides is 3. The second-order valence-electron chi connectivity index (χ2n) is 25.5. The Kier molecular flexibility index (Phi) is 18.0. The van der Waals surface area contributed by atoms with Crippen LogP contribution in [0.15, 0.2) is 77.9 Å². The van der Waals surface area contributed by atoms with Crippen molar-refractivity contribution in [1.82, 2.24) is 45.2 Å². The quantitative estimate of drug-likeness (QED) is 0.0767. The molecule has 0 radical (unpaired) electrons. The zero-order valence-electron chi connectivity index (χ0n) is 52.7. The Morgan fingerprint density at radius 1 is 0.567 bits per heavy atom. The van der Waals surface area contributed by atoms with Gasteiger partial charge in [0.15, 0.2) is 43.8 Å². The van der Waals surface area contributed by atoms with Gasteiger partial charge in [-0.3, -0.25) is 14.4 Å². The molecule has 97 heavy (non-hydrogen) atoms. The molecule has 0 spiro atoms. The average Bonchev–Trinajstić information content (AvgIpc) is 1.56. The molecule has 6 heterocycles. The highest BCUT2D eigenvalue weighted by atomic mass is 32.2. The molecule has 12 rings (SSSR count). The van der Waals surface area contributed by atoms with Crippen molar-refractivity contribution in [2.75, 3.05) is 51.8 Å². The highest BCUT2D eigenvalue weighted by Gasteiger charge is 2.68. The molecular formula is C60H60F12N10O13S2. The smallest absolute Gasteiger partial charge is 0.471 e. The highest BCUT2D eigenvalue weighted by Crippen LogP contribution is 2.61. The van der Waals surface area contributed by atoms with E-state index in [0.717, 1.165) is 51.0 Å². The molecule has 37 heteroatoms. The normalized spacial score (nSPS) is 23.7. The third-order valence-corrected chi connectivity index (χ3v) is 20.3. The second kappa shape index (κ2) is 24.5. The van der Waals surface area contributed by atoms with Crippen LogP contribution in [0, 0.1) is 36.0 Å². The molecular weight excluding hydrogens is 1360 g/mol. The topological polar surface area (TPSA) is 297 Å². The van der Waals surface area contributed by atoms with Crippen LogP contribution in [0.2, 0.25) is 0 Å². The number of carbonyl (C=O) groups is 3. The summed E-state index contributed by atoms with van der Waals surface area (Å²) in [6.45, 7) is 8.23. The minimum absolute atomic E-state index is 0.0308. The van der Waals surface area contributed by atoms with Crippen molar-refractivity contribution in [3.8, 4) is 23.3 Å². The molecule has 9 unspecified atom stereocenters. The summed E-state index contributed by atoms with van der Waals surface area (Å²) in [5.41, 5.74) is -2.47. The number of fused-ring (bicyclic) bond motifs is 3. The number of benzene rings is 3. The summed E-state index contributed by atoms with van der Waals surface area (Å²) in [5.74, 6) is -14.4. The first kappa shape index (κ1) is 71.2. The van der Waals surface area contributed by atoms with E-state index in [1.807, 2.05) is 6.07 Å². The summed E-state index contributed by atoms with van der Waals surface area (Å²) in [4.78, 5) is 50.6. The first-order valence-corrected chi connectivity index (χ1v) is 33.3. The van der Waals surface area contributed by atoms with E-state index < -0.39 is 114 Å². The standard InChI is InChI=1S/C20H17F5N4O3.C20H20F5N3O5S.C20H23F2N3O5S/c1-10(18(2,21)22)31-14-4-3-11(7-26)5-13(14)15(30)29-8-12-6-19(12,9-29)16-27-17(32-28-16)20(23,24)25;1-10(18(2,21)22)32-14-5-4-12(34(3,30)31)6-13(14)15(29)28-8-11-7-19(11,9-28)17-26-16(27-33-17)20(23,24)25;1-11(19(3,21)22)29-16-6-5-14(31(4,27)28)7-15(16)17(26)25-9-13-8-20(13,10-25)18-24-23-12(2)30-18/h3-5,10,12H,6,8-9H2,1-2H3;4-6,10-11H,7-9H2,1-3H3;5-7,11,13H,8-10H2,1-4H3. The molecule has 9 atom stereocenters. The number of piperidine rings is 3. The van der Waals surface area contributed by atoms with Crippen LogP contribution < -0.4 is 14.2 Å². The maximum atomic E-state index is 13.7. The zero-order chi connectivity index (χ0) is 71.5. The van der Waals surface area contributed by atoms with Crippen LogP contribution >= 0.6 is 0 Å². The fourth-order valence-corrected chi connectivity index (χ4v) is 13.1. The highest BCUT2D eigenvalue weighted by molar-refractivity contribution is 7.91. The lowest BCUT2D eigenvalue weighted by Crippen LogP contribution is -2.35. The van der Waals surface area contributed by atoms with E-state index in [9.17, 15) is 83.9 Å². The van der Waals surface area contributed by atoms with Crippen LogP contribution in [0.1, 0.15) is 133 Å². The number of aryl methyl sites for hydroxylation is 1. The van der Waals surface area contributed by atoms with E-state index in [1.165, 1.54) is 53.1 Å². The maximum absolute atomic E-state index is 13.7. The van der Waals surface area contributed by atoms with Crippen molar-refractivity contribution in [3.63, 3.8) is 0 Å². The van der Waals surface area contributed by atoms with Crippen molar-refractivity contribution in [2.45, 2.75) is 142 Å². The molecule has 3 aromatic heterocycles. The zero-order valence-corrected chi connectivity index (χ0v) is 54.3. The van der Waals surface area contributed by atoms with Crippen LogP contribution in [0.4, 0.5) is 52.7 Å². The molecule has 3 saturated heterocycles. The third-order valence-electron chi connectivity index (χ3n) is 18.1. The average molecular weight is 1420 g/mol. The summed E-state index contributed by atoms with van der Waals surface area (Å²) in [7, 11) is -7.36. The Morgan fingerprint density at radius 2 is 0.969 bits per heavy atom. The predicted molar refractivity (Wildman–Crippen MR) is 307 cm³/mol. The number of alkyl halides is 12. The van der Waals surface area contributed by atoms with Gasteiger partial charge >= 0.3 is 18.2 Å². The number of nitrogens with zero attached hydrogens (tertiary/aromatic N) is 10. The van der Waals surface area contributed by atoms with Crippen LogP contribution in [-0.2, 0) is 48.3 Å². The summed E-state index contributed by atoms with van der Waals surface area (Å²) in [6.07, 6.45) is -10.6. The summed E-state index contributed by atoms with van der Waals surface area (Å²) in [6, 6.07) is 12.7. The van der Waals surface area contributed by atoms with Gasteiger partial charge in [-0.1, -0.05) is 10.3 Å². The number of halogens is 12. The molecule has 23 nitrogen and oxygen atoms in total. The fourth-order valence-electron chi connectivity index (χ4n) is 11.8. The number of rotatable bonds is 17. The monoisotopic (exact) mass is 1420 g/mol. The van der Waals surface area contributed by atoms with Gasteiger partial charge in [-0.05, 0) is 112 Å². The van der Waals surface area contributed by atoms with Crippen molar-refractivity contribution in [2.24, 2.45) is 17.8 Å². The lowest BCUT2D eigenvalue weighted by atomic mass is 10.1. The first-order valence-electron chi connectivity index (χ1n) is 29.6. The van der Waals surface area contributed by atoms with E-state index in [4.69, 9.17) is 28.4 Å². The van der Waals surface area contributed by atoms with Crippen LogP contribution in [0.3, 0.4) is 0 Å². The molecule has 3 saturated carbocycles. The number of likely N-dealkylation sites (tertiary alicyclic amines) is 3. The van der Waals surface area contributed by atoms with Crippen molar-refractivity contribution in [3.05, 3.63) is 112 Å². The van der Waals surface area contributed by atoms with Crippen LogP contribution in [-0.4, -0.2) is 168 Å². The summed E-state index contributed by atoms with van der Waals surface area (Å²) < 4.78 is 237. The number of carbonyl (C=O) groups excluding carboxylic acids is 3. The van der Waals surface area contributed by atoms with Gasteiger partial charge in [0, 0.05) is 79.5 Å². The van der Waals surface area contributed by atoms with Crippen LogP contribution in [0.25, 0.3) is 0 Å². The van der Waals surface area contributed by atoms with Gasteiger partial charge in [0.25, 0.3) is 41.3 Å². The Labute approximate surface area is 544 Å². The molecule has 3 aromatic carbocycles.